The van der Waals surface area contributed by atoms with E-state index in [1.54, 1.807) is 0 Å². The molecule has 0 amide bonds. The van der Waals surface area contributed by atoms with Crippen LogP contribution in [0.3, 0.4) is 0 Å². The Morgan fingerprint density at radius 3 is 2.76 bits per heavy atom. The van der Waals surface area contributed by atoms with E-state index in [1.807, 2.05) is 6.92 Å². The Labute approximate surface area is 162 Å². The summed E-state index contributed by atoms with van der Waals surface area (Å²) >= 11 is 0. The number of unbranched alkanes of at least 4 members (excludes halogenated alkanes) is 2. The zero-order valence-electron chi connectivity index (χ0n) is 22.6. The average Bonchev–Trinajstić information content (AvgIpc) is 2.75. The van der Waals surface area contributed by atoms with Crippen LogP contribution >= 0.6 is 0 Å². The molecular formula is C20H34O5. The zero-order valence-corrected chi connectivity index (χ0v) is 14.6. The first-order valence-electron chi connectivity index (χ1n) is 12.6. The first-order valence-corrected chi connectivity index (χ1v) is 8.61. The van der Waals surface area contributed by atoms with Gasteiger partial charge in [-0.3, -0.25) is 4.79 Å². The van der Waals surface area contributed by atoms with Crippen molar-refractivity contribution in [3.63, 3.8) is 0 Å². The molecular weight excluding hydrogens is 320 g/mol. The third-order valence-corrected chi connectivity index (χ3v) is 3.80. The number of carboxylic acid groups (broad SMARTS) is 1. The number of rotatable bonds is 12. The molecule has 0 aromatic rings. The Morgan fingerprint density at radius 1 is 1.32 bits per heavy atom. The van der Waals surface area contributed by atoms with Gasteiger partial charge in [-0.1, -0.05) is 50.4 Å². The highest BCUT2D eigenvalue weighted by molar-refractivity contribution is 5.66. The molecule has 5 nitrogen and oxygen atoms in total. The molecule has 0 aliphatic heterocycles. The molecule has 1 rings (SSSR count). The predicted octanol–water partition coefficient (Wildman–Crippen LogP) is 3.04. The Kier molecular flexibility index (Phi) is 6.00. The van der Waals surface area contributed by atoms with E-state index in [9.17, 15) is 20.1 Å². The lowest BCUT2D eigenvalue weighted by atomic mass is 9.89. The van der Waals surface area contributed by atoms with Crippen LogP contribution in [-0.4, -0.2) is 44.6 Å². The van der Waals surface area contributed by atoms with Crippen LogP contribution < -0.4 is 0 Å². The van der Waals surface area contributed by atoms with Gasteiger partial charge in [-0.05, 0) is 31.6 Å². The fourth-order valence-electron chi connectivity index (χ4n) is 2.40. The Bertz CT molecular complexity index is 782. The summed E-state index contributed by atoms with van der Waals surface area (Å²) in [5.74, 6) is -6.80. The molecule has 0 spiro atoms. The molecule has 1 aliphatic carbocycles. The Hall–Kier alpha value is -1.17. The molecule has 1 fully saturated rings. The van der Waals surface area contributed by atoms with Crippen LogP contribution in [0.4, 0.5) is 0 Å². The number of aliphatic hydroxyl groups is 3. The maximum atomic E-state index is 10.6. The standard InChI is InChI=1S/C20H34O5/c1-2-3-6-9-15(21)12-13-17-16(18(22)14-19(17)23)10-7-4-5-8-11-20(24)25/h4,7,12-13,15-19,21-23H,2-3,5-6,8-11,14H2,1H3,(H,24,25)/b7-4-,13-12+/t15-,16+,17+,18-,19+/m0/s1/i4T,7T,12T,15T,16T,17T,18T,19T. The van der Waals surface area contributed by atoms with Crippen molar-refractivity contribution < 1.29 is 36.2 Å². The molecule has 5 heteroatoms. The number of carboxylic acids is 1. The summed E-state index contributed by atoms with van der Waals surface area (Å²) in [6.45, 7) is 1.90. The molecule has 0 aromatic heterocycles. The maximum absolute atomic E-state index is 10.6. The summed E-state index contributed by atoms with van der Waals surface area (Å²) < 4.78 is 65.9. The third kappa shape index (κ3) is 8.66. The molecule has 0 heterocycles. The maximum Gasteiger partial charge on any atom is 0.303 e. The van der Waals surface area contributed by atoms with Gasteiger partial charge in [-0.2, -0.15) is 0 Å². The van der Waals surface area contributed by atoms with Crippen LogP contribution in [0.2, 0.25) is 0 Å². The second kappa shape index (κ2) is 12.2. The first-order chi connectivity index (χ1) is 14.9. The number of hydrogen-bond donors (Lipinski definition) is 4. The third-order valence-electron chi connectivity index (χ3n) is 3.80. The molecule has 4 N–H and O–H groups in total. The normalized spacial score (nSPS) is 47.0. The van der Waals surface area contributed by atoms with Gasteiger partial charge in [0, 0.05) is 21.5 Å². The van der Waals surface area contributed by atoms with Crippen molar-refractivity contribution in [1.29, 1.82) is 0 Å². The molecule has 144 valence electrons. The van der Waals surface area contributed by atoms with Crippen LogP contribution in [0, 0.1) is 11.8 Å². The van der Waals surface area contributed by atoms with Crippen LogP contribution in [0.5, 0.6) is 0 Å². The highest BCUT2D eigenvalue weighted by Gasteiger charge is 2.39. The van der Waals surface area contributed by atoms with E-state index in [-0.39, 0.29) is 31.7 Å². The molecule has 5 atom stereocenters. The lowest BCUT2D eigenvalue weighted by Crippen LogP contribution is -2.20. The van der Waals surface area contributed by atoms with Crippen molar-refractivity contribution in [2.24, 2.45) is 11.8 Å². The van der Waals surface area contributed by atoms with Crippen LogP contribution in [-0.2, 0) is 4.79 Å². The fraction of sp³-hybridized carbons (Fsp3) is 0.750. The van der Waals surface area contributed by atoms with Gasteiger partial charge in [0.2, 0.25) is 0 Å². The van der Waals surface area contributed by atoms with Gasteiger partial charge in [-0.15, -0.1) is 0 Å². The lowest BCUT2D eigenvalue weighted by Gasteiger charge is -2.19. The molecule has 0 saturated heterocycles. The number of allylic oxidation sites excluding steroid dienone is 2. The van der Waals surface area contributed by atoms with E-state index in [2.05, 4.69) is 0 Å². The lowest BCUT2D eigenvalue weighted by molar-refractivity contribution is -0.137. The largest absolute Gasteiger partial charge is 0.481 e. The van der Waals surface area contributed by atoms with Crippen molar-refractivity contribution in [2.75, 3.05) is 0 Å². The van der Waals surface area contributed by atoms with E-state index in [1.165, 1.54) is 0 Å². The topological polar surface area (TPSA) is 98.0 Å². The highest BCUT2D eigenvalue weighted by atomic mass is 16.4. The van der Waals surface area contributed by atoms with Gasteiger partial charge in [0.15, 0.2) is 0 Å². The van der Waals surface area contributed by atoms with Gasteiger partial charge >= 0.3 is 5.97 Å². The summed E-state index contributed by atoms with van der Waals surface area (Å²) in [5, 5.41) is 40.2. The quantitative estimate of drug-likeness (QED) is 0.313. The molecule has 0 bridgehead atoms. The van der Waals surface area contributed by atoms with E-state index >= 15 is 0 Å². The minimum absolute atomic E-state index is 0.0293. The number of aliphatic carboxylic acids is 1. The minimum atomic E-state index is -2.97. The van der Waals surface area contributed by atoms with E-state index in [4.69, 9.17) is 16.1 Å². The minimum Gasteiger partial charge on any atom is -0.481 e. The van der Waals surface area contributed by atoms with Crippen LogP contribution in [0.15, 0.2) is 24.2 Å². The summed E-state index contributed by atoms with van der Waals surface area (Å²) in [7, 11) is 0. The zero-order chi connectivity index (χ0) is 25.9. The van der Waals surface area contributed by atoms with Crippen molar-refractivity contribution >= 4 is 5.97 Å². The van der Waals surface area contributed by atoms with Gasteiger partial charge < -0.3 is 20.4 Å². The Morgan fingerprint density at radius 2 is 2.08 bits per heavy atom. The number of hydrogen-bond acceptors (Lipinski definition) is 4. The predicted molar refractivity (Wildman–Crippen MR) is 98.1 cm³/mol. The molecule has 0 aromatic carbocycles. The first kappa shape index (κ1) is 12.3. The second-order valence-corrected chi connectivity index (χ2v) is 5.93. The highest BCUT2D eigenvalue weighted by Crippen LogP contribution is 2.36. The average molecular weight is 371 g/mol. The van der Waals surface area contributed by atoms with E-state index in [0.717, 1.165) is 6.42 Å². The smallest absolute Gasteiger partial charge is 0.303 e. The fourth-order valence-corrected chi connectivity index (χ4v) is 2.40. The summed E-state index contributed by atoms with van der Waals surface area (Å²) in [6.07, 6.45) is -8.59. The van der Waals surface area contributed by atoms with Crippen molar-refractivity contribution in [3.05, 3.63) is 24.2 Å². The SMILES string of the molecule is [3H]/C(CCCC(=O)O)=C(\[3H])C[C@]1([3H])[C@@]([3H])(/C=C(\[3H])[C@@]([3H])(O)CCCCC)[C@]([3H])(O)C[C@]1([3H])O. The molecule has 1 aliphatic rings. The van der Waals surface area contributed by atoms with Crippen molar-refractivity contribution in [3.8, 4) is 0 Å². The summed E-state index contributed by atoms with van der Waals surface area (Å²) in [6, 6.07) is -1.84. The molecule has 0 unspecified atom stereocenters. The van der Waals surface area contributed by atoms with Gasteiger partial charge in [-0.25, -0.2) is 0 Å². The summed E-state index contributed by atoms with van der Waals surface area (Å²) in [5.41, 5.74) is 0. The molecule has 25 heavy (non-hydrogen) atoms. The van der Waals surface area contributed by atoms with Crippen LogP contribution in [0.25, 0.3) is 0 Å². The molecule has 1 saturated carbocycles. The second-order valence-electron chi connectivity index (χ2n) is 5.93. The summed E-state index contributed by atoms with van der Waals surface area (Å²) in [4.78, 5) is 10.6. The van der Waals surface area contributed by atoms with Crippen molar-refractivity contribution in [2.45, 2.75) is 83.0 Å². The van der Waals surface area contributed by atoms with Crippen molar-refractivity contribution in [1.82, 2.24) is 0 Å². The van der Waals surface area contributed by atoms with Gasteiger partial charge in [0.05, 0.1) is 26.5 Å². The van der Waals surface area contributed by atoms with E-state index in [0.29, 0.717) is 18.9 Å². The van der Waals surface area contributed by atoms with Gasteiger partial charge in [0.1, 0.15) is 0 Å². The Balaban J connectivity index is 3.41. The monoisotopic (exact) mass is 370 g/mol. The molecule has 0 radical (unpaired) electrons. The number of carbonyl (C=O) groups is 1. The van der Waals surface area contributed by atoms with E-state index < -0.39 is 60.9 Å². The van der Waals surface area contributed by atoms with Gasteiger partial charge in [0.25, 0.3) is 0 Å². The van der Waals surface area contributed by atoms with Crippen LogP contribution in [0.1, 0.15) is 75.7 Å².